The molecule has 0 saturated carbocycles. The summed E-state index contributed by atoms with van der Waals surface area (Å²) < 4.78 is 2.60. The standard InChI is InChI=1S/C16H21BrN2O/c1-4-11(2)14(12-8-6-5-7-9-12)16(20)15-13(17)10-18-19(15)3/h5-11,14,16,20H,4H2,1-3H3. The van der Waals surface area contributed by atoms with Gasteiger partial charge in [0.2, 0.25) is 0 Å². The molecule has 0 amide bonds. The van der Waals surface area contributed by atoms with Gasteiger partial charge in [-0.05, 0) is 27.4 Å². The van der Waals surface area contributed by atoms with Gasteiger partial charge in [0.1, 0.15) is 6.10 Å². The third kappa shape index (κ3) is 2.96. The highest BCUT2D eigenvalue weighted by molar-refractivity contribution is 9.10. The molecular formula is C16H21BrN2O. The summed E-state index contributed by atoms with van der Waals surface area (Å²) in [4.78, 5) is 0. The Kier molecular flexibility index (Phi) is 5.00. The van der Waals surface area contributed by atoms with Gasteiger partial charge in [-0.15, -0.1) is 0 Å². The molecule has 2 rings (SSSR count). The van der Waals surface area contributed by atoms with E-state index in [9.17, 15) is 5.11 Å². The van der Waals surface area contributed by atoms with Crippen LogP contribution in [0.5, 0.6) is 0 Å². The first-order valence-corrected chi connectivity index (χ1v) is 7.76. The Morgan fingerprint density at radius 1 is 1.30 bits per heavy atom. The summed E-state index contributed by atoms with van der Waals surface area (Å²) in [5.74, 6) is 0.446. The van der Waals surface area contributed by atoms with E-state index in [4.69, 9.17) is 0 Å². The van der Waals surface area contributed by atoms with Gasteiger partial charge in [0.25, 0.3) is 0 Å². The number of aliphatic hydroxyl groups excluding tert-OH is 1. The number of aliphatic hydroxyl groups is 1. The molecule has 3 nitrogen and oxygen atoms in total. The van der Waals surface area contributed by atoms with Crippen molar-refractivity contribution in [2.75, 3.05) is 0 Å². The fraction of sp³-hybridized carbons (Fsp3) is 0.438. The molecule has 1 aromatic heterocycles. The van der Waals surface area contributed by atoms with E-state index in [1.807, 2.05) is 25.2 Å². The Balaban J connectivity index is 2.42. The molecule has 0 radical (unpaired) electrons. The van der Waals surface area contributed by atoms with Gasteiger partial charge < -0.3 is 5.11 Å². The van der Waals surface area contributed by atoms with Crippen LogP contribution in [0.15, 0.2) is 41.0 Å². The van der Waals surface area contributed by atoms with Gasteiger partial charge in [0.15, 0.2) is 0 Å². The summed E-state index contributed by atoms with van der Waals surface area (Å²) in [6.45, 7) is 4.34. The van der Waals surface area contributed by atoms with Crippen LogP contribution in [0.25, 0.3) is 0 Å². The second-order valence-corrected chi connectivity index (χ2v) is 6.12. The van der Waals surface area contributed by atoms with E-state index in [1.54, 1.807) is 10.9 Å². The number of benzene rings is 1. The quantitative estimate of drug-likeness (QED) is 0.894. The van der Waals surface area contributed by atoms with Crippen molar-refractivity contribution in [3.8, 4) is 0 Å². The maximum atomic E-state index is 10.9. The first kappa shape index (κ1) is 15.3. The predicted octanol–water partition coefficient (Wildman–Crippen LogP) is 4.05. The highest BCUT2D eigenvalue weighted by Crippen LogP contribution is 2.40. The van der Waals surface area contributed by atoms with Gasteiger partial charge in [-0.2, -0.15) is 5.10 Å². The molecule has 108 valence electrons. The highest BCUT2D eigenvalue weighted by Gasteiger charge is 2.30. The van der Waals surface area contributed by atoms with E-state index in [0.29, 0.717) is 5.92 Å². The van der Waals surface area contributed by atoms with Gasteiger partial charge in [0, 0.05) is 13.0 Å². The number of rotatable bonds is 5. The fourth-order valence-electron chi connectivity index (χ4n) is 2.67. The molecule has 0 aliphatic rings. The van der Waals surface area contributed by atoms with Crippen LogP contribution < -0.4 is 0 Å². The molecule has 0 saturated heterocycles. The predicted molar refractivity (Wildman–Crippen MR) is 84.5 cm³/mol. The minimum absolute atomic E-state index is 0.0629. The third-order valence-electron chi connectivity index (χ3n) is 4.00. The number of aryl methyl sites for hydroxylation is 1. The van der Waals surface area contributed by atoms with Crippen LogP contribution in [0.3, 0.4) is 0 Å². The van der Waals surface area contributed by atoms with Crippen LogP contribution >= 0.6 is 15.9 Å². The van der Waals surface area contributed by atoms with Crippen LogP contribution in [0.2, 0.25) is 0 Å². The molecule has 2 aromatic rings. The Bertz CT molecular complexity index is 533. The molecule has 1 heterocycles. The maximum absolute atomic E-state index is 10.9. The molecule has 20 heavy (non-hydrogen) atoms. The second kappa shape index (κ2) is 6.55. The zero-order valence-electron chi connectivity index (χ0n) is 12.1. The molecule has 0 aliphatic carbocycles. The van der Waals surface area contributed by atoms with Crippen LogP contribution in [0.1, 0.15) is 43.5 Å². The largest absolute Gasteiger partial charge is 0.386 e. The molecule has 0 aliphatic heterocycles. The summed E-state index contributed by atoms with van der Waals surface area (Å²) >= 11 is 3.49. The van der Waals surface area contributed by atoms with Crippen molar-refractivity contribution in [3.05, 3.63) is 52.3 Å². The van der Waals surface area contributed by atoms with E-state index in [0.717, 1.165) is 16.6 Å². The van der Waals surface area contributed by atoms with E-state index >= 15 is 0 Å². The van der Waals surface area contributed by atoms with Crippen molar-refractivity contribution in [1.29, 1.82) is 0 Å². The second-order valence-electron chi connectivity index (χ2n) is 5.27. The lowest BCUT2D eigenvalue weighted by Gasteiger charge is -2.29. The molecule has 3 unspecified atom stereocenters. The summed E-state index contributed by atoms with van der Waals surface area (Å²) in [5, 5.41) is 15.1. The van der Waals surface area contributed by atoms with Crippen molar-refractivity contribution in [2.45, 2.75) is 32.3 Å². The van der Waals surface area contributed by atoms with Crippen molar-refractivity contribution in [2.24, 2.45) is 13.0 Å². The Labute approximate surface area is 128 Å². The minimum atomic E-state index is -0.575. The minimum Gasteiger partial charge on any atom is -0.386 e. The van der Waals surface area contributed by atoms with E-state index in [2.05, 4.69) is 47.0 Å². The fourth-order valence-corrected chi connectivity index (χ4v) is 3.26. The number of hydrogen-bond acceptors (Lipinski definition) is 2. The lowest BCUT2D eigenvalue weighted by Crippen LogP contribution is -2.20. The summed E-state index contributed by atoms with van der Waals surface area (Å²) in [6, 6.07) is 10.2. The summed E-state index contributed by atoms with van der Waals surface area (Å²) in [5.41, 5.74) is 2.00. The summed E-state index contributed by atoms with van der Waals surface area (Å²) in [7, 11) is 1.86. The first-order chi connectivity index (χ1) is 9.56. The number of halogens is 1. The lowest BCUT2D eigenvalue weighted by atomic mass is 9.80. The average Bonchev–Trinajstić information content (AvgIpc) is 2.79. The monoisotopic (exact) mass is 336 g/mol. The lowest BCUT2D eigenvalue weighted by molar-refractivity contribution is 0.109. The van der Waals surface area contributed by atoms with Crippen molar-refractivity contribution >= 4 is 15.9 Å². The van der Waals surface area contributed by atoms with E-state index in [1.165, 1.54) is 5.56 Å². The van der Waals surface area contributed by atoms with E-state index < -0.39 is 6.10 Å². The van der Waals surface area contributed by atoms with Gasteiger partial charge in [-0.25, -0.2) is 0 Å². The topological polar surface area (TPSA) is 38.1 Å². The molecule has 0 bridgehead atoms. The van der Waals surface area contributed by atoms with E-state index in [-0.39, 0.29) is 5.92 Å². The molecule has 4 heteroatoms. The molecule has 3 atom stereocenters. The zero-order chi connectivity index (χ0) is 14.7. The van der Waals surface area contributed by atoms with Crippen molar-refractivity contribution in [3.63, 3.8) is 0 Å². The Morgan fingerprint density at radius 3 is 2.45 bits per heavy atom. The number of hydrogen-bond donors (Lipinski definition) is 1. The SMILES string of the molecule is CCC(C)C(c1ccccc1)C(O)c1c(Br)cnn1C. The molecule has 1 aromatic carbocycles. The molecular weight excluding hydrogens is 316 g/mol. The first-order valence-electron chi connectivity index (χ1n) is 6.96. The molecule has 0 spiro atoms. The number of aromatic nitrogens is 2. The Morgan fingerprint density at radius 2 is 1.95 bits per heavy atom. The van der Waals surface area contributed by atoms with Crippen LogP contribution in [-0.2, 0) is 7.05 Å². The number of nitrogens with zero attached hydrogens (tertiary/aromatic N) is 2. The van der Waals surface area contributed by atoms with Gasteiger partial charge in [-0.3, -0.25) is 4.68 Å². The average molecular weight is 337 g/mol. The van der Waals surface area contributed by atoms with Crippen LogP contribution in [-0.4, -0.2) is 14.9 Å². The smallest absolute Gasteiger partial charge is 0.104 e. The van der Waals surface area contributed by atoms with Crippen molar-refractivity contribution < 1.29 is 5.11 Å². The highest BCUT2D eigenvalue weighted by atomic mass is 79.9. The van der Waals surface area contributed by atoms with Crippen LogP contribution in [0.4, 0.5) is 0 Å². The zero-order valence-corrected chi connectivity index (χ0v) is 13.7. The molecule has 0 fully saturated rings. The van der Waals surface area contributed by atoms with Gasteiger partial charge in [0.05, 0.1) is 16.4 Å². The molecule has 1 N–H and O–H groups in total. The third-order valence-corrected chi connectivity index (χ3v) is 4.61. The summed E-state index contributed by atoms with van der Waals surface area (Å²) in [6.07, 6.45) is 2.18. The normalized spacial score (nSPS) is 15.8. The van der Waals surface area contributed by atoms with Crippen molar-refractivity contribution in [1.82, 2.24) is 9.78 Å². The maximum Gasteiger partial charge on any atom is 0.104 e. The van der Waals surface area contributed by atoms with Gasteiger partial charge in [-0.1, -0.05) is 50.6 Å². The van der Waals surface area contributed by atoms with Crippen LogP contribution in [0, 0.1) is 5.92 Å². The van der Waals surface area contributed by atoms with Gasteiger partial charge >= 0.3 is 0 Å². The Hall–Kier alpha value is -1.13.